The lowest BCUT2D eigenvalue weighted by Crippen LogP contribution is -1.97. The molecule has 0 saturated carbocycles. The van der Waals surface area contributed by atoms with E-state index >= 15 is 0 Å². The molecule has 6 heteroatoms. The molecule has 0 radical (unpaired) electrons. The van der Waals surface area contributed by atoms with Gasteiger partial charge in [0.15, 0.2) is 5.69 Å². The topological polar surface area (TPSA) is 76.8 Å². The molecule has 6 nitrogen and oxygen atoms in total. The van der Waals surface area contributed by atoms with Crippen LogP contribution in [0.5, 0.6) is 0 Å². The van der Waals surface area contributed by atoms with Crippen LogP contribution in [0.1, 0.15) is 24.5 Å². The second kappa shape index (κ2) is 3.82. The van der Waals surface area contributed by atoms with Gasteiger partial charge in [0.05, 0.1) is 0 Å². The lowest BCUT2D eigenvalue weighted by atomic mass is 10.3. The van der Waals surface area contributed by atoms with Crippen molar-refractivity contribution in [3.63, 3.8) is 0 Å². The first-order valence-corrected chi connectivity index (χ1v) is 4.59. The van der Waals surface area contributed by atoms with E-state index < -0.39 is 0 Å². The van der Waals surface area contributed by atoms with Gasteiger partial charge in [-0.25, -0.2) is 0 Å². The highest BCUT2D eigenvalue weighted by molar-refractivity contribution is 5.46. The Morgan fingerprint density at radius 3 is 2.93 bits per heavy atom. The van der Waals surface area contributed by atoms with Crippen LogP contribution in [0.25, 0.3) is 11.6 Å². The highest BCUT2D eigenvalue weighted by Gasteiger charge is 2.15. The van der Waals surface area contributed by atoms with E-state index in [9.17, 15) is 0 Å². The van der Waals surface area contributed by atoms with Gasteiger partial charge < -0.3 is 9.26 Å². The first-order valence-electron chi connectivity index (χ1n) is 4.59. The maximum atomic E-state index is 5.08. The van der Waals surface area contributed by atoms with Crippen LogP contribution in [-0.2, 0) is 4.74 Å². The summed E-state index contributed by atoms with van der Waals surface area (Å²) in [5.74, 6) is 0.923. The number of H-pyrrole nitrogens is 1. The molecule has 0 aliphatic carbocycles. The molecule has 0 aromatic carbocycles. The van der Waals surface area contributed by atoms with Gasteiger partial charge in [0.1, 0.15) is 6.10 Å². The van der Waals surface area contributed by atoms with E-state index in [4.69, 9.17) is 9.26 Å². The molecule has 0 amide bonds. The van der Waals surface area contributed by atoms with Crippen molar-refractivity contribution < 1.29 is 9.26 Å². The Labute approximate surface area is 86.6 Å². The summed E-state index contributed by atoms with van der Waals surface area (Å²) in [4.78, 5) is 4.18. The summed E-state index contributed by atoms with van der Waals surface area (Å²) >= 11 is 0. The van der Waals surface area contributed by atoms with Crippen molar-refractivity contribution >= 4 is 0 Å². The minimum Gasteiger partial charge on any atom is -0.374 e. The first kappa shape index (κ1) is 9.85. The summed E-state index contributed by atoms with van der Waals surface area (Å²) in [7, 11) is 1.60. The van der Waals surface area contributed by atoms with Crippen molar-refractivity contribution in [2.75, 3.05) is 7.11 Å². The molecule has 0 aliphatic rings. The molecule has 2 aromatic heterocycles. The number of hydrogen-bond acceptors (Lipinski definition) is 5. The molecular weight excluding hydrogens is 196 g/mol. The zero-order valence-electron chi connectivity index (χ0n) is 8.81. The van der Waals surface area contributed by atoms with Gasteiger partial charge in [-0.3, -0.25) is 5.10 Å². The Hall–Kier alpha value is -1.69. The van der Waals surface area contributed by atoms with Gasteiger partial charge >= 0.3 is 0 Å². The number of aromatic amines is 1. The summed E-state index contributed by atoms with van der Waals surface area (Å²) in [6.45, 7) is 3.76. The fraction of sp³-hybridized carbons (Fsp3) is 0.444. The third kappa shape index (κ3) is 1.89. The number of aromatic nitrogens is 4. The second-order valence-corrected chi connectivity index (χ2v) is 3.27. The normalized spacial score (nSPS) is 13.0. The van der Waals surface area contributed by atoms with Crippen LogP contribution in [0, 0.1) is 6.92 Å². The van der Waals surface area contributed by atoms with Crippen LogP contribution < -0.4 is 0 Å². The summed E-state index contributed by atoms with van der Waals surface area (Å²) in [5, 5.41) is 10.6. The molecule has 0 saturated heterocycles. The average Bonchev–Trinajstić information content (AvgIpc) is 2.84. The van der Waals surface area contributed by atoms with Crippen molar-refractivity contribution in [3.05, 3.63) is 17.6 Å². The molecule has 15 heavy (non-hydrogen) atoms. The fourth-order valence-electron chi connectivity index (χ4n) is 1.14. The highest BCUT2D eigenvalue weighted by Crippen LogP contribution is 2.18. The summed E-state index contributed by atoms with van der Waals surface area (Å²) in [6.07, 6.45) is -0.178. The third-order valence-corrected chi connectivity index (χ3v) is 2.08. The lowest BCUT2D eigenvalue weighted by molar-refractivity contribution is 0.109. The minimum absolute atomic E-state index is 0.178. The summed E-state index contributed by atoms with van der Waals surface area (Å²) < 4.78 is 10.1. The maximum Gasteiger partial charge on any atom is 0.278 e. The number of rotatable bonds is 3. The van der Waals surface area contributed by atoms with Gasteiger partial charge in [0.2, 0.25) is 5.82 Å². The number of nitrogens with one attached hydrogen (secondary N) is 1. The zero-order chi connectivity index (χ0) is 10.8. The SMILES string of the molecule is CO[C@H](C)c1noc(-c2cc(C)[nH]n2)n1. The fourth-order valence-corrected chi connectivity index (χ4v) is 1.14. The van der Waals surface area contributed by atoms with Gasteiger partial charge in [-0.15, -0.1) is 0 Å². The molecule has 0 unspecified atom stereocenters. The van der Waals surface area contributed by atoms with Crippen LogP contribution >= 0.6 is 0 Å². The van der Waals surface area contributed by atoms with E-state index in [1.165, 1.54) is 0 Å². The molecule has 1 atom stereocenters. The molecule has 0 spiro atoms. The average molecular weight is 208 g/mol. The molecule has 2 rings (SSSR count). The van der Waals surface area contributed by atoms with Crippen LogP contribution in [0.4, 0.5) is 0 Å². The molecule has 2 heterocycles. The van der Waals surface area contributed by atoms with Crippen molar-refractivity contribution in [2.45, 2.75) is 20.0 Å². The van der Waals surface area contributed by atoms with E-state index in [0.29, 0.717) is 17.4 Å². The van der Waals surface area contributed by atoms with Gasteiger partial charge in [0, 0.05) is 12.8 Å². The number of methoxy groups -OCH3 is 1. The van der Waals surface area contributed by atoms with E-state index in [0.717, 1.165) is 5.69 Å². The molecular formula is C9H12N4O2. The van der Waals surface area contributed by atoms with Gasteiger partial charge in [-0.2, -0.15) is 10.1 Å². The van der Waals surface area contributed by atoms with Crippen molar-refractivity contribution in [2.24, 2.45) is 0 Å². The van der Waals surface area contributed by atoms with E-state index in [2.05, 4.69) is 20.3 Å². The Morgan fingerprint density at radius 2 is 2.33 bits per heavy atom. The first-order chi connectivity index (χ1) is 7.20. The van der Waals surface area contributed by atoms with E-state index in [-0.39, 0.29) is 6.10 Å². The Balaban J connectivity index is 2.27. The van der Waals surface area contributed by atoms with Gasteiger partial charge in [0.25, 0.3) is 5.89 Å². The summed E-state index contributed by atoms with van der Waals surface area (Å²) in [6, 6.07) is 1.84. The molecule has 80 valence electrons. The van der Waals surface area contributed by atoms with Crippen molar-refractivity contribution in [1.29, 1.82) is 0 Å². The Kier molecular flexibility index (Phi) is 2.51. The van der Waals surface area contributed by atoms with Gasteiger partial charge in [-0.1, -0.05) is 5.16 Å². The Morgan fingerprint density at radius 1 is 1.53 bits per heavy atom. The smallest absolute Gasteiger partial charge is 0.278 e. The predicted molar refractivity (Wildman–Crippen MR) is 52.0 cm³/mol. The van der Waals surface area contributed by atoms with Crippen molar-refractivity contribution in [3.8, 4) is 11.6 Å². The standard InChI is InChI=1S/C9H12N4O2/c1-5-4-7(12-11-5)9-10-8(13-15-9)6(2)14-3/h4,6H,1-3H3,(H,11,12)/t6-/m1/s1. The maximum absolute atomic E-state index is 5.08. The molecule has 2 aromatic rings. The number of nitrogens with zero attached hydrogens (tertiary/aromatic N) is 3. The summed E-state index contributed by atoms with van der Waals surface area (Å²) in [5.41, 5.74) is 1.60. The predicted octanol–water partition coefficient (Wildman–Crippen LogP) is 1.48. The molecule has 0 aliphatic heterocycles. The van der Waals surface area contributed by atoms with Crippen LogP contribution in [0.2, 0.25) is 0 Å². The lowest BCUT2D eigenvalue weighted by Gasteiger charge is -2.00. The van der Waals surface area contributed by atoms with Gasteiger partial charge in [-0.05, 0) is 19.9 Å². The van der Waals surface area contributed by atoms with Crippen LogP contribution in [-0.4, -0.2) is 27.4 Å². The Bertz CT molecular complexity index is 448. The highest BCUT2D eigenvalue weighted by atomic mass is 16.5. The quantitative estimate of drug-likeness (QED) is 0.826. The minimum atomic E-state index is -0.178. The number of ether oxygens (including phenoxy) is 1. The second-order valence-electron chi connectivity index (χ2n) is 3.27. The largest absolute Gasteiger partial charge is 0.374 e. The van der Waals surface area contributed by atoms with Crippen molar-refractivity contribution in [1.82, 2.24) is 20.3 Å². The molecule has 0 fully saturated rings. The molecule has 0 bridgehead atoms. The van der Waals surface area contributed by atoms with Crippen LogP contribution in [0.3, 0.4) is 0 Å². The van der Waals surface area contributed by atoms with E-state index in [1.54, 1.807) is 7.11 Å². The number of aryl methyl sites for hydroxylation is 1. The number of hydrogen-bond donors (Lipinski definition) is 1. The zero-order valence-corrected chi connectivity index (χ0v) is 8.81. The van der Waals surface area contributed by atoms with Crippen LogP contribution in [0.15, 0.2) is 10.6 Å². The third-order valence-electron chi connectivity index (χ3n) is 2.08. The molecule has 1 N–H and O–H groups in total. The van der Waals surface area contributed by atoms with E-state index in [1.807, 2.05) is 19.9 Å². The monoisotopic (exact) mass is 208 g/mol.